The standard InChI is InChI=1S/C16H15Cl2N3O3/c1-16(8-23-10-24-9-16)15(22)14(21-19-4-5-20-21)6-11-2-3-12(17)7-13(11)18/h2-7H,8-10H2,1H3. The van der Waals surface area contributed by atoms with E-state index in [2.05, 4.69) is 10.2 Å². The molecule has 2 aromatic rings. The molecule has 0 saturated carbocycles. The van der Waals surface area contributed by atoms with Crippen molar-refractivity contribution < 1.29 is 14.3 Å². The number of carbonyl (C=O) groups excluding carboxylic acids is 1. The largest absolute Gasteiger partial charge is 0.354 e. The van der Waals surface area contributed by atoms with Gasteiger partial charge in [0.1, 0.15) is 12.5 Å². The van der Waals surface area contributed by atoms with E-state index in [9.17, 15) is 4.79 Å². The first-order chi connectivity index (χ1) is 11.5. The maximum Gasteiger partial charge on any atom is 0.193 e. The summed E-state index contributed by atoms with van der Waals surface area (Å²) in [4.78, 5) is 14.4. The summed E-state index contributed by atoms with van der Waals surface area (Å²) in [5.41, 5.74) is 0.0974. The van der Waals surface area contributed by atoms with Gasteiger partial charge in [-0.05, 0) is 30.7 Å². The highest BCUT2D eigenvalue weighted by Crippen LogP contribution is 2.30. The van der Waals surface area contributed by atoms with Crippen molar-refractivity contribution in [3.05, 3.63) is 46.2 Å². The molecule has 0 spiro atoms. The Morgan fingerprint density at radius 2 is 1.92 bits per heavy atom. The Bertz CT molecular complexity index is 769. The Morgan fingerprint density at radius 1 is 1.25 bits per heavy atom. The van der Waals surface area contributed by atoms with E-state index in [0.717, 1.165) is 0 Å². The molecule has 2 heterocycles. The molecule has 1 aliphatic rings. The van der Waals surface area contributed by atoms with Crippen LogP contribution in [-0.2, 0) is 14.3 Å². The third-order valence-corrected chi connectivity index (χ3v) is 4.24. The monoisotopic (exact) mass is 367 g/mol. The Morgan fingerprint density at radius 3 is 2.54 bits per heavy atom. The van der Waals surface area contributed by atoms with Crippen LogP contribution in [0.5, 0.6) is 0 Å². The van der Waals surface area contributed by atoms with Gasteiger partial charge >= 0.3 is 0 Å². The minimum atomic E-state index is -0.823. The van der Waals surface area contributed by atoms with Crippen molar-refractivity contribution in [2.45, 2.75) is 6.92 Å². The second kappa shape index (κ2) is 7.03. The number of ketones is 1. The fourth-order valence-electron chi connectivity index (χ4n) is 2.39. The van der Waals surface area contributed by atoms with Crippen molar-refractivity contribution in [3.8, 4) is 0 Å². The van der Waals surface area contributed by atoms with E-state index in [4.69, 9.17) is 32.7 Å². The van der Waals surface area contributed by atoms with Crippen LogP contribution in [0.4, 0.5) is 0 Å². The Labute approximate surface area is 149 Å². The van der Waals surface area contributed by atoms with Crippen LogP contribution in [-0.4, -0.2) is 40.8 Å². The maximum absolute atomic E-state index is 13.1. The highest BCUT2D eigenvalue weighted by molar-refractivity contribution is 6.36. The third-order valence-electron chi connectivity index (χ3n) is 3.68. The molecule has 0 bridgehead atoms. The molecule has 126 valence electrons. The third kappa shape index (κ3) is 3.52. The second-order valence-corrected chi connectivity index (χ2v) is 6.56. The van der Waals surface area contributed by atoms with Gasteiger partial charge < -0.3 is 9.47 Å². The van der Waals surface area contributed by atoms with Gasteiger partial charge in [-0.25, -0.2) is 0 Å². The van der Waals surface area contributed by atoms with Crippen molar-refractivity contribution in [2.75, 3.05) is 20.0 Å². The van der Waals surface area contributed by atoms with E-state index in [1.165, 1.54) is 17.2 Å². The SMILES string of the molecule is CC1(C(=O)C(=Cc2ccc(Cl)cc2Cl)n2nccn2)COCOC1. The Balaban J connectivity index is 2.04. The number of hydrogen-bond acceptors (Lipinski definition) is 5. The van der Waals surface area contributed by atoms with Crippen LogP contribution in [0.1, 0.15) is 12.5 Å². The molecule has 0 radical (unpaired) electrons. The van der Waals surface area contributed by atoms with Gasteiger partial charge in [0.05, 0.1) is 31.0 Å². The lowest BCUT2D eigenvalue weighted by Crippen LogP contribution is -2.43. The zero-order valence-electron chi connectivity index (χ0n) is 12.9. The number of nitrogens with zero attached hydrogens (tertiary/aromatic N) is 3. The molecule has 1 aromatic heterocycles. The average Bonchev–Trinajstić information content (AvgIpc) is 3.08. The van der Waals surface area contributed by atoms with Crippen molar-refractivity contribution >= 4 is 40.8 Å². The van der Waals surface area contributed by atoms with Crippen LogP contribution in [0, 0.1) is 5.41 Å². The van der Waals surface area contributed by atoms with Gasteiger partial charge in [0.25, 0.3) is 0 Å². The van der Waals surface area contributed by atoms with E-state index in [0.29, 0.717) is 15.6 Å². The Hall–Kier alpha value is -1.73. The minimum Gasteiger partial charge on any atom is -0.354 e. The van der Waals surface area contributed by atoms with Gasteiger partial charge in [-0.1, -0.05) is 29.3 Å². The lowest BCUT2D eigenvalue weighted by atomic mass is 9.85. The number of Topliss-reactive ketones (excluding diaryl/α,β-unsaturated/α-hetero) is 1. The first-order valence-corrected chi connectivity index (χ1v) is 7.99. The number of aromatic nitrogens is 3. The zero-order valence-corrected chi connectivity index (χ0v) is 14.4. The van der Waals surface area contributed by atoms with Crippen molar-refractivity contribution in [2.24, 2.45) is 5.41 Å². The van der Waals surface area contributed by atoms with Gasteiger partial charge in [0, 0.05) is 10.0 Å². The van der Waals surface area contributed by atoms with Crippen LogP contribution in [0.25, 0.3) is 11.8 Å². The van der Waals surface area contributed by atoms with E-state index in [1.54, 1.807) is 31.2 Å². The van der Waals surface area contributed by atoms with Crippen LogP contribution < -0.4 is 0 Å². The molecule has 0 N–H and O–H groups in total. The second-order valence-electron chi connectivity index (χ2n) is 5.72. The molecule has 3 rings (SSSR count). The van der Waals surface area contributed by atoms with Gasteiger partial charge in [0.2, 0.25) is 0 Å². The van der Waals surface area contributed by atoms with Crippen LogP contribution in [0.3, 0.4) is 0 Å². The molecule has 0 amide bonds. The quantitative estimate of drug-likeness (QED) is 0.776. The minimum absolute atomic E-state index is 0.185. The molecule has 24 heavy (non-hydrogen) atoms. The topological polar surface area (TPSA) is 66.2 Å². The Kier molecular flexibility index (Phi) is 5.01. The first-order valence-electron chi connectivity index (χ1n) is 7.23. The predicted molar refractivity (Wildman–Crippen MR) is 90.5 cm³/mol. The van der Waals surface area contributed by atoms with Crippen LogP contribution in [0.15, 0.2) is 30.6 Å². The predicted octanol–water partition coefficient (Wildman–Crippen LogP) is 3.16. The fraction of sp³-hybridized carbons (Fsp3) is 0.312. The number of hydrogen-bond donors (Lipinski definition) is 0. The molecular weight excluding hydrogens is 353 g/mol. The molecule has 1 saturated heterocycles. The molecule has 1 aromatic carbocycles. The van der Waals surface area contributed by atoms with Gasteiger partial charge in [-0.2, -0.15) is 10.2 Å². The molecule has 8 heteroatoms. The van der Waals surface area contributed by atoms with Crippen molar-refractivity contribution in [1.29, 1.82) is 0 Å². The van der Waals surface area contributed by atoms with Crippen molar-refractivity contribution in [1.82, 2.24) is 15.0 Å². The van der Waals surface area contributed by atoms with Gasteiger partial charge in [-0.15, -0.1) is 4.80 Å². The maximum atomic E-state index is 13.1. The normalized spacial score (nSPS) is 17.7. The number of carbonyl (C=O) groups is 1. The lowest BCUT2D eigenvalue weighted by Gasteiger charge is -2.32. The summed E-state index contributed by atoms with van der Waals surface area (Å²) >= 11 is 12.1. The number of benzene rings is 1. The molecule has 1 fully saturated rings. The first kappa shape index (κ1) is 17.1. The molecule has 6 nitrogen and oxygen atoms in total. The molecule has 0 unspecified atom stereocenters. The molecule has 0 aliphatic carbocycles. The van der Waals surface area contributed by atoms with E-state index in [-0.39, 0.29) is 31.5 Å². The average molecular weight is 368 g/mol. The summed E-state index contributed by atoms with van der Waals surface area (Å²) in [5, 5.41) is 9.09. The summed E-state index contributed by atoms with van der Waals surface area (Å²) in [6.45, 7) is 2.50. The lowest BCUT2D eigenvalue weighted by molar-refractivity contribution is -0.168. The molecule has 0 atom stereocenters. The van der Waals surface area contributed by atoms with Gasteiger partial charge in [-0.3, -0.25) is 4.79 Å². The highest BCUT2D eigenvalue weighted by Gasteiger charge is 2.39. The summed E-state index contributed by atoms with van der Waals surface area (Å²) in [6.07, 6.45) is 4.64. The van der Waals surface area contributed by atoms with Gasteiger partial charge in [0.15, 0.2) is 5.78 Å². The molecular formula is C16H15Cl2N3O3. The van der Waals surface area contributed by atoms with Crippen LogP contribution in [0.2, 0.25) is 10.0 Å². The van der Waals surface area contributed by atoms with Crippen LogP contribution >= 0.6 is 23.2 Å². The number of rotatable bonds is 4. The number of ether oxygens (including phenoxy) is 2. The highest BCUT2D eigenvalue weighted by atomic mass is 35.5. The fourth-order valence-corrected chi connectivity index (χ4v) is 2.86. The smallest absolute Gasteiger partial charge is 0.193 e. The van der Waals surface area contributed by atoms with E-state index in [1.807, 2.05) is 0 Å². The van der Waals surface area contributed by atoms with Crippen molar-refractivity contribution in [3.63, 3.8) is 0 Å². The summed E-state index contributed by atoms with van der Waals surface area (Å²) in [6, 6.07) is 5.05. The number of halogens is 2. The van der Waals surface area contributed by atoms with E-state index < -0.39 is 5.41 Å². The molecule has 1 aliphatic heterocycles. The summed E-state index contributed by atoms with van der Waals surface area (Å²) in [5.74, 6) is -0.190. The summed E-state index contributed by atoms with van der Waals surface area (Å²) < 4.78 is 10.6. The zero-order chi connectivity index (χ0) is 17.2. The summed E-state index contributed by atoms with van der Waals surface area (Å²) in [7, 11) is 0. The van der Waals surface area contributed by atoms with E-state index >= 15 is 0 Å². The number of allylic oxidation sites excluding steroid dienone is 1.